The van der Waals surface area contributed by atoms with Gasteiger partial charge in [0, 0.05) is 12.5 Å². The highest BCUT2D eigenvalue weighted by Crippen LogP contribution is 2.15. The number of carboxylic acids is 1. The van der Waals surface area contributed by atoms with Crippen LogP contribution in [0.15, 0.2) is 0 Å². The number of carbonyl (C=O) groups excluding carboxylic acids is 2. The minimum absolute atomic E-state index is 0.0198. The third-order valence-electron chi connectivity index (χ3n) is 3.15. The Labute approximate surface area is 111 Å². The molecule has 108 valence electrons. The third kappa shape index (κ3) is 4.20. The molecular weight excluding hydrogens is 252 g/mol. The Kier molecular flexibility index (Phi) is 5.29. The van der Waals surface area contributed by atoms with Crippen molar-refractivity contribution in [3.05, 3.63) is 0 Å². The molecule has 0 saturated carbocycles. The molecule has 1 heterocycles. The van der Waals surface area contributed by atoms with Gasteiger partial charge in [0.1, 0.15) is 6.04 Å². The number of amides is 1. The molecular formula is C12H20N2O5. The molecule has 19 heavy (non-hydrogen) atoms. The summed E-state index contributed by atoms with van der Waals surface area (Å²) in [4.78, 5) is 33.8. The summed E-state index contributed by atoms with van der Waals surface area (Å²) in [6.07, 6.45) is -0.00639. The predicted molar refractivity (Wildman–Crippen MR) is 66.4 cm³/mol. The molecule has 1 fully saturated rings. The van der Waals surface area contributed by atoms with E-state index in [-0.39, 0.29) is 30.7 Å². The highest BCUT2D eigenvalue weighted by atomic mass is 16.5. The second-order valence-corrected chi connectivity index (χ2v) is 4.99. The summed E-state index contributed by atoms with van der Waals surface area (Å²) in [6.45, 7) is 3.70. The molecule has 1 rings (SSSR count). The normalized spacial score (nSPS) is 24.1. The van der Waals surface area contributed by atoms with Crippen LogP contribution in [0, 0.1) is 5.92 Å². The number of hydrogen-bond acceptors (Lipinski definition) is 5. The minimum atomic E-state index is -0.988. The largest absolute Gasteiger partial charge is 0.481 e. The first-order chi connectivity index (χ1) is 8.85. The summed E-state index contributed by atoms with van der Waals surface area (Å²) >= 11 is 0. The molecule has 1 aliphatic heterocycles. The van der Waals surface area contributed by atoms with Gasteiger partial charge in [0.2, 0.25) is 5.91 Å². The summed E-state index contributed by atoms with van der Waals surface area (Å²) < 4.78 is 4.70. The van der Waals surface area contributed by atoms with Crippen molar-refractivity contribution in [2.45, 2.75) is 44.8 Å². The maximum absolute atomic E-state index is 11.6. The zero-order valence-electron chi connectivity index (χ0n) is 11.3. The first kappa shape index (κ1) is 15.4. The van der Waals surface area contributed by atoms with E-state index in [0.29, 0.717) is 0 Å². The molecule has 0 aromatic rings. The van der Waals surface area contributed by atoms with E-state index in [1.54, 1.807) is 0 Å². The fourth-order valence-corrected chi connectivity index (χ4v) is 2.16. The lowest BCUT2D eigenvalue weighted by molar-refractivity contribution is -0.144. The average molecular weight is 272 g/mol. The summed E-state index contributed by atoms with van der Waals surface area (Å²) in [5.41, 5.74) is 0. The van der Waals surface area contributed by atoms with Crippen molar-refractivity contribution in [1.29, 1.82) is 0 Å². The van der Waals surface area contributed by atoms with Gasteiger partial charge in [-0.25, -0.2) is 0 Å². The van der Waals surface area contributed by atoms with Gasteiger partial charge in [-0.15, -0.1) is 0 Å². The van der Waals surface area contributed by atoms with Gasteiger partial charge in [0.05, 0.1) is 19.6 Å². The topological polar surface area (TPSA) is 105 Å². The molecule has 0 radical (unpaired) electrons. The van der Waals surface area contributed by atoms with Gasteiger partial charge in [-0.05, 0) is 5.92 Å². The van der Waals surface area contributed by atoms with E-state index in [1.807, 2.05) is 13.8 Å². The second-order valence-electron chi connectivity index (χ2n) is 4.99. The number of hydrogen-bond donors (Lipinski definition) is 3. The molecule has 0 aromatic heterocycles. The molecule has 3 atom stereocenters. The lowest BCUT2D eigenvalue weighted by Crippen LogP contribution is -2.51. The van der Waals surface area contributed by atoms with Gasteiger partial charge in [0.15, 0.2) is 0 Å². The Morgan fingerprint density at radius 1 is 1.53 bits per heavy atom. The Bertz CT molecular complexity index is 369. The SMILES string of the molecule is COC(=O)[C@@H](N[C@H]1CC(=O)N[C@H]1CC(=O)O)C(C)C. The van der Waals surface area contributed by atoms with Crippen LogP contribution >= 0.6 is 0 Å². The van der Waals surface area contributed by atoms with Gasteiger partial charge in [0.25, 0.3) is 0 Å². The quantitative estimate of drug-likeness (QED) is 0.563. The summed E-state index contributed by atoms with van der Waals surface area (Å²) in [7, 11) is 1.30. The minimum Gasteiger partial charge on any atom is -0.481 e. The standard InChI is InChI=1S/C12H20N2O5/c1-6(2)11(12(18)19-3)14-7-4-9(15)13-8(7)5-10(16)17/h6-8,11,14H,4-5H2,1-3H3,(H,13,15)(H,16,17)/t7-,8-,11-/m0/s1. The molecule has 0 aromatic carbocycles. The maximum atomic E-state index is 11.6. The van der Waals surface area contributed by atoms with Crippen molar-refractivity contribution >= 4 is 17.8 Å². The van der Waals surface area contributed by atoms with Crippen LogP contribution in [0.3, 0.4) is 0 Å². The molecule has 1 amide bonds. The predicted octanol–water partition coefficient (Wildman–Crippen LogP) is -0.495. The van der Waals surface area contributed by atoms with E-state index in [0.717, 1.165) is 0 Å². The van der Waals surface area contributed by atoms with Gasteiger partial charge in [-0.3, -0.25) is 19.7 Å². The van der Waals surface area contributed by atoms with Crippen LogP contribution in [-0.2, 0) is 19.1 Å². The van der Waals surface area contributed by atoms with E-state index < -0.39 is 24.0 Å². The highest BCUT2D eigenvalue weighted by molar-refractivity contribution is 5.82. The number of carboxylic acid groups (broad SMARTS) is 1. The van der Waals surface area contributed by atoms with Gasteiger partial charge in [-0.1, -0.05) is 13.8 Å². The fourth-order valence-electron chi connectivity index (χ4n) is 2.16. The summed E-state index contributed by atoms with van der Waals surface area (Å²) in [5, 5.41) is 14.4. The van der Waals surface area contributed by atoms with Crippen molar-refractivity contribution in [3.8, 4) is 0 Å². The van der Waals surface area contributed by atoms with Crippen LogP contribution in [0.1, 0.15) is 26.7 Å². The zero-order valence-corrected chi connectivity index (χ0v) is 11.3. The molecule has 0 bridgehead atoms. The van der Waals surface area contributed by atoms with Gasteiger partial charge >= 0.3 is 11.9 Å². The van der Waals surface area contributed by atoms with Crippen LogP contribution in [0.4, 0.5) is 0 Å². The molecule has 1 aliphatic rings. The van der Waals surface area contributed by atoms with E-state index in [2.05, 4.69) is 10.6 Å². The number of rotatable bonds is 6. The maximum Gasteiger partial charge on any atom is 0.323 e. The Hall–Kier alpha value is -1.63. The van der Waals surface area contributed by atoms with Crippen molar-refractivity contribution in [2.75, 3.05) is 7.11 Å². The van der Waals surface area contributed by atoms with E-state index >= 15 is 0 Å². The fraction of sp³-hybridized carbons (Fsp3) is 0.750. The molecule has 1 saturated heterocycles. The molecule has 0 unspecified atom stereocenters. The van der Waals surface area contributed by atoms with Crippen LogP contribution in [0.5, 0.6) is 0 Å². The molecule has 3 N–H and O–H groups in total. The average Bonchev–Trinajstić information content (AvgIpc) is 2.64. The van der Waals surface area contributed by atoms with E-state index in [9.17, 15) is 14.4 Å². The zero-order chi connectivity index (χ0) is 14.6. The number of aliphatic carboxylic acids is 1. The number of methoxy groups -OCH3 is 1. The Balaban J connectivity index is 2.73. The van der Waals surface area contributed by atoms with Crippen LogP contribution < -0.4 is 10.6 Å². The van der Waals surface area contributed by atoms with Crippen molar-refractivity contribution in [3.63, 3.8) is 0 Å². The van der Waals surface area contributed by atoms with Gasteiger partial charge in [-0.2, -0.15) is 0 Å². The summed E-state index contributed by atoms with van der Waals surface area (Å²) in [5.74, 6) is -1.63. The monoisotopic (exact) mass is 272 g/mol. The Morgan fingerprint density at radius 2 is 2.16 bits per heavy atom. The molecule has 7 nitrogen and oxygen atoms in total. The van der Waals surface area contributed by atoms with E-state index in [1.165, 1.54) is 7.11 Å². The van der Waals surface area contributed by atoms with Crippen molar-refractivity contribution in [2.24, 2.45) is 5.92 Å². The molecule has 7 heteroatoms. The Morgan fingerprint density at radius 3 is 2.63 bits per heavy atom. The lowest BCUT2D eigenvalue weighted by Gasteiger charge is -2.26. The van der Waals surface area contributed by atoms with Crippen molar-refractivity contribution < 1.29 is 24.2 Å². The summed E-state index contributed by atoms with van der Waals surface area (Å²) in [6, 6.07) is -1.44. The number of nitrogens with one attached hydrogen (secondary N) is 2. The number of esters is 1. The number of carbonyl (C=O) groups is 3. The van der Waals surface area contributed by atoms with Crippen LogP contribution in [0.2, 0.25) is 0 Å². The van der Waals surface area contributed by atoms with Crippen LogP contribution in [0.25, 0.3) is 0 Å². The molecule has 0 spiro atoms. The van der Waals surface area contributed by atoms with Crippen LogP contribution in [-0.4, -0.2) is 48.2 Å². The smallest absolute Gasteiger partial charge is 0.323 e. The number of ether oxygens (including phenoxy) is 1. The first-order valence-corrected chi connectivity index (χ1v) is 6.20. The van der Waals surface area contributed by atoms with Crippen molar-refractivity contribution in [1.82, 2.24) is 10.6 Å². The lowest BCUT2D eigenvalue weighted by atomic mass is 10.00. The van der Waals surface area contributed by atoms with Gasteiger partial charge < -0.3 is 15.2 Å². The molecule has 0 aliphatic carbocycles. The van der Waals surface area contributed by atoms with E-state index in [4.69, 9.17) is 9.84 Å². The third-order valence-corrected chi connectivity index (χ3v) is 3.15. The first-order valence-electron chi connectivity index (χ1n) is 6.20. The highest BCUT2D eigenvalue weighted by Gasteiger charge is 2.37. The second kappa shape index (κ2) is 6.51.